The molecule has 3 heteroatoms. The number of rotatable bonds is 3. The third-order valence-electron chi connectivity index (χ3n) is 6.65. The molecule has 0 spiro atoms. The second kappa shape index (κ2) is 7.68. The standard InChI is InChI=1S/C31H29NOS/c1-18(2)14-19-10-11-26-24(15-19)30-28(33-26)23-12-13-32-27(29(23)34-30)21-16-20-8-6-7-9-22(20)25(17-21)31(3,4)5/h6-13,15-18H,14H2,1-5H3. The Balaban J connectivity index is 1.61. The Morgan fingerprint density at radius 1 is 0.882 bits per heavy atom. The predicted octanol–water partition coefficient (Wildman–Crippen LogP) is 9.51. The lowest BCUT2D eigenvalue weighted by atomic mass is 9.82. The lowest BCUT2D eigenvalue weighted by molar-refractivity contribution is 0.596. The number of benzene rings is 3. The Bertz CT molecular complexity index is 1690. The number of hydrogen-bond acceptors (Lipinski definition) is 3. The van der Waals surface area contributed by atoms with Crippen molar-refractivity contribution in [1.82, 2.24) is 4.98 Å². The number of aromatic nitrogens is 1. The van der Waals surface area contributed by atoms with Crippen LogP contribution in [0.1, 0.15) is 45.7 Å². The van der Waals surface area contributed by atoms with Crippen molar-refractivity contribution in [2.24, 2.45) is 5.92 Å². The Labute approximate surface area is 204 Å². The molecule has 34 heavy (non-hydrogen) atoms. The third-order valence-corrected chi connectivity index (χ3v) is 7.87. The van der Waals surface area contributed by atoms with Crippen molar-refractivity contribution >= 4 is 53.4 Å². The van der Waals surface area contributed by atoms with Gasteiger partial charge < -0.3 is 4.42 Å². The number of hydrogen-bond donors (Lipinski definition) is 0. The van der Waals surface area contributed by atoms with Crippen LogP contribution in [0.2, 0.25) is 0 Å². The fraction of sp³-hybridized carbons (Fsp3) is 0.258. The van der Waals surface area contributed by atoms with Crippen LogP contribution in [0.5, 0.6) is 0 Å². The van der Waals surface area contributed by atoms with Crippen molar-refractivity contribution in [3.8, 4) is 11.3 Å². The van der Waals surface area contributed by atoms with Crippen LogP contribution in [0, 0.1) is 5.92 Å². The maximum Gasteiger partial charge on any atom is 0.154 e. The van der Waals surface area contributed by atoms with Crippen molar-refractivity contribution in [2.45, 2.75) is 46.5 Å². The summed E-state index contributed by atoms with van der Waals surface area (Å²) in [5.41, 5.74) is 6.91. The Morgan fingerprint density at radius 3 is 2.50 bits per heavy atom. The van der Waals surface area contributed by atoms with E-state index in [1.165, 1.54) is 42.2 Å². The van der Waals surface area contributed by atoms with E-state index < -0.39 is 0 Å². The molecule has 0 radical (unpaired) electrons. The van der Waals surface area contributed by atoms with Crippen LogP contribution in [-0.4, -0.2) is 4.98 Å². The molecule has 0 bridgehead atoms. The van der Waals surface area contributed by atoms with Gasteiger partial charge in [-0.25, -0.2) is 0 Å². The summed E-state index contributed by atoms with van der Waals surface area (Å²) in [6.07, 6.45) is 3.00. The average molecular weight is 464 g/mol. The summed E-state index contributed by atoms with van der Waals surface area (Å²) in [5, 5.41) is 4.94. The molecule has 0 saturated heterocycles. The lowest BCUT2D eigenvalue weighted by Gasteiger charge is -2.22. The van der Waals surface area contributed by atoms with Gasteiger partial charge in [0.25, 0.3) is 0 Å². The molecular formula is C31H29NOS. The van der Waals surface area contributed by atoms with Crippen LogP contribution >= 0.6 is 11.3 Å². The van der Waals surface area contributed by atoms with Crippen LogP contribution in [-0.2, 0) is 11.8 Å². The van der Waals surface area contributed by atoms with E-state index >= 15 is 0 Å². The van der Waals surface area contributed by atoms with Gasteiger partial charge in [-0.2, -0.15) is 0 Å². The summed E-state index contributed by atoms with van der Waals surface area (Å²) in [6.45, 7) is 11.4. The zero-order valence-corrected chi connectivity index (χ0v) is 21.2. The molecule has 0 saturated carbocycles. The van der Waals surface area contributed by atoms with Gasteiger partial charge in [0, 0.05) is 22.5 Å². The van der Waals surface area contributed by atoms with E-state index in [4.69, 9.17) is 9.40 Å². The van der Waals surface area contributed by atoms with Gasteiger partial charge in [-0.1, -0.05) is 65.0 Å². The SMILES string of the molecule is CC(C)Cc1ccc2oc3c4ccnc(-c5cc(C(C)(C)C)c6ccccc6c5)c4sc3c2c1. The predicted molar refractivity (Wildman–Crippen MR) is 147 cm³/mol. The normalized spacial score (nSPS) is 12.6. The van der Waals surface area contributed by atoms with Gasteiger partial charge in [0.2, 0.25) is 0 Å². The number of nitrogens with zero attached hydrogens (tertiary/aromatic N) is 1. The second-order valence-corrected chi connectivity index (χ2v) is 11.8. The Morgan fingerprint density at radius 2 is 1.71 bits per heavy atom. The van der Waals surface area contributed by atoms with Crippen LogP contribution in [0.15, 0.2) is 71.3 Å². The van der Waals surface area contributed by atoms with E-state index in [0.29, 0.717) is 5.92 Å². The molecule has 0 atom stereocenters. The van der Waals surface area contributed by atoms with E-state index in [1.807, 2.05) is 17.5 Å². The first-order valence-corrected chi connectivity index (χ1v) is 12.9. The molecule has 3 heterocycles. The molecule has 0 N–H and O–H groups in total. The van der Waals surface area contributed by atoms with Gasteiger partial charge >= 0.3 is 0 Å². The summed E-state index contributed by atoms with van der Waals surface area (Å²) in [4.78, 5) is 4.89. The number of thiophene rings is 1. The maximum absolute atomic E-state index is 6.39. The van der Waals surface area contributed by atoms with E-state index in [-0.39, 0.29) is 5.41 Å². The Kier molecular flexibility index (Phi) is 4.82. The maximum atomic E-state index is 6.39. The molecule has 6 aromatic rings. The topological polar surface area (TPSA) is 26.0 Å². The second-order valence-electron chi connectivity index (χ2n) is 10.8. The molecule has 0 aliphatic carbocycles. The number of furan rings is 1. The number of fused-ring (bicyclic) bond motifs is 6. The molecule has 0 amide bonds. The van der Waals surface area contributed by atoms with Gasteiger partial charge in [0.05, 0.1) is 15.1 Å². The van der Waals surface area contributed by atoms with Crippen molar-refractivity contribution in [3.63, 3.8) is 0 Å². The van der Waals surface area contributed by atoms with Crippen LogP contribution in [0.3, 0.4) is 0 Å². The van der Waals surface area contributed by atoms with Crippen LogP contribution in [0.4, 0.5) is 0 Å². The summed E-state index contributed by atoms with van der Waals surface area (Å²) < 4.78 is 8.81. The molecule has 2 nitrogen and oxygen atoms in total. The van der Waals surface area contributed by atoms with E-state index in [2.05, 4.69) is 95.3 Å². The van der Waals surface area contributed by atoms with Crippen molar-refractivity contribution in [3.05, 3.63) is 78.0 Å². The fourth-order valence-electron chi connectivity index (χ4n) is 5.11. The van der Waals surface area contributed by atoms with Gasteiger partial charge in [-0.05, 0) is 70.0 Å². The third kappa shape index (κ3) is 3.42. The molecule has 0 fully saturated rings. The van der Waals surface area contributed by atoms with Gasteiger partial charge in [-0.15, -0.1) is 11.3 Å². The van der Waals surface area contributed by atoms with Gasteiger partial charge in [-0.3, -0.25) is 4.98 Å². The molecule has 6 rings (SSSR count). The summed E-state index contributed by atoms with van der Waals surface area (Å²) in [5.74, 6) is 0.628. The lowest BCUT2D eigenvalue weighted by Crippen LogP contribution is -2.12. The van der Waals surface area contributed by atoms with E-state index in [0.717, 1.165) is 28.7 Å². The molecule has 3 aromatic carbocycles. The first kappa shape index (κ1) is 21.4. The van der Waals surface area contributed by atoms with Gasteiger partial charge in [0.1, 0.15) is 5.58 Å². The minimum Gasteiger partial charge on any atom is -0.454 e. The smallest absolute Gasteiger partial charge is 0.154 e. The molecular weight excluding hydrogens is 434 g/mol. The summed E-state index contributed by atoms with van der Waals surface area (Å²) in [6, 6.07) is 22.1. The minimum absolute atomic E-state index is 0.0373. The summed E-state index contributed by atoms with van der Waals surface area (Å²) >= 11 is 1.81. The highest BCUT2D eigenvalue weighted by molar-refractivity contribution is 7.27. The zero-order valence-electron chi connectivity index (χ0n) is 20.4. The molecule has 170 valence electrons. The fourth-order valence-corrected chi connectivity index (χ4v) is 6.36. The molecule has 0 unspecified atom stereocenters. The molecule has 3 aromatic heterocycles. The minimum atomic E-state index is 0.0373. The van der Waals surface area contributed by atoms with E-state index in [1.54, 1.807) is 0 Å². The largest absolute Gasteiger partial charge is 0.454 e. The monoisotopic (exact) mass is 463 g/mol. The first-order valence-electron chi connectivity index (χ1n) is 12.1. The zero-order chi connectivity index (χ0) is 23.6. The molecule has 0 aliphatic heterocycles. The van der Waals surface area contributed by atoms with E-state index in [9.17, 15) is 0 Å². The average Bonchev–Trinajstić information content (AvgIpc) is 3.33. The quantitative estimate of drug-likeness (QED) is 0.261. The highest BCUT2D eigenvalue weighted by atomic mass is 32.1. The van der Waals surface area contributed by atoms with Crippen LogP contribution in [0.25, 0.3) is 53.4 Å². The highest BCUT2D eigenvalue weighted by Gasteiger charge is 2.21. The van der Waals surface area contributed by atoms with Gasteiger partial charge in [0.15, 0.2) is 5.58 Å². The first-order chi connectivity index (χ1) is 16.3. The highest BCUT2D eigenvalue weighted by Crippen LogP contribution is 2.45. The van der Waals surface area contributed by atoms with Crippen molar-refractivity contribution < 1.29 is 4.42 Å². The Hall–Kier alpha value is -3.17. The number of pyridine rings is 1. The van der Waals surface area contributed by atoms with Crippen molar-refractivity contribution in [1.29, 1.82) is 0 Å². The summed E-state index contributed by atoms with van der Waals surface area (Å²) in [7, 11) is 0. The van der Waals surface area contributed by atoms with Crippen molar-refractivity contribution in [2.75, 3.05) is 0 Å². The van der Waals surface area contributed by atoms with Crippen LogP contribution < -0.4 is 0 Å². The molecule has 0 aliphatic rings.